The summed E-state index contributed by atoms with van der Waals surface area (Å²) in [5, 5.41) is 5.93. The minimum atomic E-state index is -0.853. The molecule has 2 atom stereocenters. The first kappa shape index (κ1) is 23.5. The number of carbonyl (C=O) groups is 2. The molecule has 0 aromatic heterocycles. The van der Waals surface area contributed by atoms with Gasteiger partial charge in [0.2, 0.25) is 0 Å². The molecular weight excluding hydrogens is 428 g/mol. The molecule has 0 spiro atoms. The first-order valence-corrected chi connectivity index (χ1v) is 11.0. The van der Waals surface area contributed by atoms with Crippen LogP contribution in [0.15, 0.2) is 60.7 Å². The van der Waals surface area contributed by atoms with Gasteiger partial charge in [-0.15, -0.1) is 0 Å². The van der Waals surface area contributed by atoms with E-state index in [1.165, 1.54) is 0 Å². The van der Waals surface area contributed by atoms with Crippen molar-refractivity contribution in [1.82, 2.24) is 21.5 Å². The maximum absolute atomic E-state index is 12.8. The van der Waals surface area contributed by atoms with Gasteiger partial charge >= 0.3 is 6.09 Å². The highest BCUT2D eigenvalue weighted by molar-refractivity contribution is 7.80. The summed E-state index contributed by atoms with van der Waals surface area (Å²) in [7, 11) is 0. The molecule has 1 aliphatic rings. The third kappa shape index (κ3) is 8.16. The molecular formula is C23H28N4O4S. The average molecular weight is 457 g/mol. The molecule has 170 valence electrons. The number of alkyl carbamates (subject to hydrolysis) is 1. The van der Waals surface area contributed by atoms with Crippen molar-refractivity contribution in [3.05, 3.63) is 71.8 Å². The van der Waals surface area contributed by atoms with E-state index >= 15 is 0 Å². The fourth-order valence-corrected chi connectivity index (χ4v) is 3.36. The number of hydrogen-bond donors (Lipinski definition) is 4. The van der Waals surface area contributed by atoms with Gasteiger partial charge in [-0.3, -0.25) is 15.6 Å². The van der Waals surface area contributed by atoms with Crippen LogP contribution < -0.4 is 21.5 Å². The van der Waals surface area contributed by atoms with Crippen molar-refractivity contribution in [3.63, 3.8) is 0 Å². The quantitative estimate of drug-likeness (QED) is 0.357. The Morgan fingerprint density at radius 2 is 1.72 bits per heavy atom. The third-order valence-corrected chi connectivity index (χ3v) is 5.16. The normalized spacial score (nSPS) is 15.9. The zero-order chi connectivity index (χ0) is 22.6. The van der Waals surface area contributed by atoms with Crippen LogP contribution in [0.4, 0.5) is 4.79 Å². The zero-order valence-electron chi connectivity index (χ0n) is 17.7. The Morgan fingerprint density at radius 3 is 2.38 bits per heavy atom. The lowest BCUT2D eigenvalue weighted by atomic mass is 10.1. The van der Waals surface area contributed by atoms with Crippen LogP contribution in [0.5, 0.6) is 0 Å². The summed E-state index contributed by atoms with van der Waals surface area (Å²) in [6, 6.07) is 17.9. The van der Waals surface area contributed by atoms with E-state index in [-0.39, 0.29) is 17.8 Å². The van der Waals surface area contributed by atoms with Crippen molar-refractivity contribution in [1.29, 1.82) is 0 Å². The zero-order valence-corrected chi connectivity index (χ0v) is 18.5. The number of hydrazine groups is 1. The number of thiocarbonyl (C=S) groups is 1. The minimum Gasteiger partial charge on any atom is -0.445 e. The largest absolute Gasteiger partial charge is 0.445 e. The van der Waals surface area contributed by atoms with Crippen LogP contribution in [-0.4, -0.2) is 42.4 Å². The van der Waals surface area contributed by atoms with E-state index < -0.39 is 18.0 Å². The predicted octanol–water partition coefficient (Wildman–Crippen LogP) is 2.20. The van der Waals surface area contributed by atoms with Crippen LogP contribution in [-0.2, 0) is 27.3 Å². The second-order valence-corrected chi connectivity index (χ2v) is 7.82. The highest BCUT2D eigenvalue weighted by Crippen LogP contribution is 2.10. The predicted molar refractivity (Wildman–Crippen MR) is 125 cm³/mol. The molecule has 2 aromatic rings. The standard InChI is InChI=1S/C23H28N4O4S/c28-21(26-27-22(32)24-15-19-12-7-13-30-19)20(14-17-8-3-1-4-9-17)25-23(29)31-16-18-10-5-2-6-11-18/h1-6,8-11,19-20H,7,12-16H2,(H,25,29)(H,26,28)(H2,24,27,32)/t19?,20-/m0/s1. The Hall–Kier alpha value is -3.17. The summed E-state index contributed by atoms with van der Waals surface area (Å²) in [5.41, 5.74) is 6.99. The molecule has 8 nitrogen and oxygen atoms in total. The number of carbonyl (C=O) groups excluding carboxylic acids is 2. The van der Waals surface area contributed by atoms with Crippen molar-refractivity contribution in [2.75, 3.05) is 13.2 Å². The lowest BCUT2D eigenvalue weighted by Crippen LogP contribution is -2.55. The first-order chi connectivity index (χ1) is 15.6. The first-order valence-electron chi connectivity index (χ1n) is 10.6. The topological polar surface area (TPSA) is 101 Å². The number of rotatable bonds is 8. The molecule has 0 radical (unpaired) electrons. The van der Waals surface area contributed by atoms with Gasteiger partial charge in [0.05, 0.1) is 6.10 Å². The van der Waals surface area contributed by atoms with Gasteiger partial charge in [0.15, 0.2) is 5.11 Å². The summed E-state index contributed by atoms with van der Waals surface area (Å²) in [4.78, 5) is 25.1. The van der Waals surface area contributed by atoms with Gasteiger partial charge in [0.25, 0.3) is 5.91 Å². The van der Waals surface area contributed by atoms with E-state index in [1.807, 2.05) is 60.7 Å². The molecule has 32 heavy (non-hydrogen) atoms. The highest BCUT2D eigenvalue weighted by atomic mass is 32.1. The second-order valence-electron chi connectivity index (χ2n) is 7.41. The van der Waals surface area contributed by atoms with E-state index in [0.717, 1.165) is 30.6 Å². The van der Waals surface area contributed by atoms with Crippen LogP contribution >= 0.6 is 12.2 Å². The average Bonchev–Trinajstić information content (AvgIpc) is 3.34. The molecule has 1 fully saturated rings. The van der Waals surface area contributed by atoms with E-state index in [1.54, 1.807) is 0 Å². The highest BCUT2D eigenvalue weighted by Gasteiger charge is 2.22. The summed E-state index contributed by atoms with van der Waals surface area (Å²) >= 11 is 5.20. The van der Waals surface area contributed by atoms with E-state index in [2.05, 4.69) is 21.5 Å². The van der Waals surface area contributed by atoms with Crippen molar-refractivity contribution in [3.8, 4) is 0 Å². The molecule has 1 saturated heterocycles. The van der Waals surface area contributed by atoms with Crippen LogP contribution in [0.3, 0.4) is 0 Å². The summed E-state index contributed by atoms with van der Waals surface area (Å²) in [6.07, 6.45) is 1.76. The van der Waals surface area contributed by atoms with Crippen LogP contribution in [0.2, 0.25) is 0 Å². The molecule has 0 aliphatic carbocycles. The summed E-state index contributed by atoms with van der Waals surface area (Å²) in [5.74, 6) is -0.438. The van der Waals surface area contributed by atoms with E-state index in [0.29, 0.717) is 13.0 Å². The molecule has 9 heteroatoms. The Labute approximate surface area is 193 Å². The van der Waals surface area contributed by atoms with Gasteiger partial charge in [0.1, 0.15) is 12.6 Å². The van der Waals surface area contributed by atoms with E-state index in [9.17, 15) is 9.59 Å². The van der Waals surface area contributed by atoms with Crippen molar-refractivity contribution in [2.45, 2.75) is 38.0 Å². The van der Waals surface area contributed by atoms with Crippen LogP contribution in [0.25, 0.3) is 0 Å². The lowest BCUT2D eigenvalue weighted by molar-refractivity contribution is -0.123. The molecule has 0 saturated carbocycles. The molecule has 1 aliphatic heterocycles. The maximum atomic E-state index is 12.8. The Bertz CT molecular complexity index is 876. The number of nitrogens with one attached hydrogen (secondary N) is 4. The van der Waals surface area contributed by atoms with Gasteiger partial charge < -0.3 is 20.1 Å². The fraction of sp³-hybridized carbons (Fsp3) is 0.348. The number of hydrogen-bond acceptors (Lipinski definition) is 5. The van der Waals surface area contributed by atoms with Gasteiger partial charge in [-0.25, -0.2) is 4.79 Å². The third-order valence-electron chi connectivity index (χ3n) is 4.92. The number of benzene rings is 2. The molecule has 1 unspecified atom stereocenters. The van der Waals surface area contributed by atoms with E-state index in [4.69, 9.17) is 21.7 Å². The van der Waals surface area contributed by atoms with Crippen LogP contribution in [0.1, 0.15) is 24.0 Å². The number of amides is 2. The monoisotopic (exact) mass is 456 g/mol. The Balaban J connectivity index is 1.50. The maximum Gasteiger partial charge on any atom is 0.408 e. The van der Waals surface area contributed by atoms with Crippen molar-refractivity contribution in [2.24, 2.45) is 0 Å². The molecule has 1 heterocycles. The number of ether oxygens (including phenoxy) is 2. The summed E-state index contributed by atoms with van der Waals surface area (Å²) < 4.78 is 10.8. The Morgan fingerprint density at radius 1 is 1.03 bits per heavy atom. The fourth-order valence-electron chi connectivity index (χ4n) is 3.23. The van der Waals surface area contributed by atoms with Gasteiger partial charge in [-0.2, -0.15) is 0 Å². The van der Waals surface area contributed by atoms with Gasteiger partial charge in [-0.05, 0) is 36.2 Å². The molecule has 0 bridgehead atoms. The summed E-state index contributed by atoms with van der Waals surface area (Å²) in [6.45, 7) is 1.44. The molecule has 4 N–H and O–H groups in total. The van der Waals surface area contributed by atoms with Crippen molar-refractivity contribution >= 4 is 29.3 Å². The molecule has 2 amide bonds. The van der Waals surface area contributed by atoms with Gasteiger partial charge in [0, 0.05) is 19.6 Å². The lowest BCUT2D eigenvalue weighted by Gasteiger charge is -2.20. The minimum absolute atomic E-state index is 0.113. The van der Waals surface area contributed by atoms with Crippen LogP contribution in [0, 0.1) is 0 Å². The van der Waals surface area contributed by atoms with Gasteiger partial charge in [-0.1, -0.05) is 60.7 Å². The molecule has 2 aromatic carbocycles. The molecule has 3 rings (SSSR count). The van der Waals surface area contributed by atoms with Crippen molar-refractivity contribution < 1.29 is 19.1 Å². The SMILES string of the molecule is O=C(N[C@@H](Cc1ccccc1)C(=O)NNC(=S)NCC1CCCO1)OCc1ccccc1. The second kappa shape index (κ2) is 12.6. The Kier molecular flexibility index (Phi) is 9.27. The smallest absolute Gasteiger partial charge is 0.408 e.